The number of ether oxygens (including phenoxy) is 1. The van der Waals surface area contributed by atoms with E-state index in [9.17, 15) is 0 Å². The Morgan fingerprint density at radius 2 is 2.09 bits per heavy atom. The Balaban J connectivity index is 1.58. The third-order valence-corrected chi connectivity index (χ3v) is 5.21. The van der Waals surface area contributed by atoms with Crippen LogP contribution < -0.4 is 11.1 Å². The first kappa shape index (κ1) is 15.3. The molecular formula is C18H27N3O. The number of nitrogens with two attached hydrogens (primary N) is 1. The number of anilines is 1. The Morgan fingerprint density at radius 1 is 1.27 bits per heavy atom. The normalized spacial score (nSPS) is 19.6. The van der Waals surface area contributed by atoms with E-state index in [2.05, 4.69) is 28.5 Å². The molecular weight excluding hydrogens is 274 g/mol. The molecule has 0 spiro atoms. The average Bonchev–Trinajstić information content (AvgIpc) is 2.93. The molecule has 1 aromatic carbocycles. The lowest BCUT2D eigenvalue weighted by atomic mass is 9.67. The molecule has 0 saturated heterocycles. The van der Waals surface area contributed by atoms with E-state index in [1.54, 1.807) is 7.11 Å². The van der Waals surface area contributed by atoms with Crippen molar-refractivity contribution in [1.82, 2.24) is 0 Å². The van der Waals surface area contributed by atoms with Gasteiger partial charge in [0, 0.05) is 25.9 Å². The van der Waals surface area contributed by atoms with Crippen molar-refractivity contribution in [2.75, 3.05) is 25.6 Å². The molecule has 120 valence electrons. The van der Waals surface area contributed by atoms with Crippen LogP contribution >= 0.6 is 0 Å². The Hall–Kier alpha value is -1.55. The summed E-state index contributed by atoms with van der Waals surface area (Å²) in [6, 6.07) is 6.54. The van der Waals surface area contributed by atoms with Gasteiger partial charge in [0.25, 0.3) is 0 Å². The van der Waals surface area contributed by atoms with E-state index in [4.69, 9.17) is 10.5 Å². The monoisotopic (exact) mass is 301 g/mol. The maximum Gasteiger partial charge on any atom is 0.193 e. The van der Waals surface area contributed by atoms with Gasteiger partial charge in [-0.1, -0.05) is 12.5 Å². The molecule has 0 aliphatic heterocycles. The van der Waals surface area contributed by atoms with Crippen molar-refractivity contribution < 1.29 is 4.74 Å². The lowest BCUT2D eigenvalue weighted by Crippen LogP contribution is -2.35. The summed E-state index contributed by atoms with van der Waals surface area (Å²) in [5, 5.41) is 3.24. The maximum absolute atomic E-state index is 6.07. The van der Waals surface area contributed by atoms with Crippen LogP contribution in [0.15, 0.2) is 23.2 Å². The topological polar surface area (TPSA) is 59.6 Å². The lowest BCUT2D eigenvalue weighted by molar-refractivity contribution is 0.0780. The second-order valence-corrected chi connectivity index (χ2v) is 6.76. The molecule has 2 aliphatic carbocycles. The first-order valence-electron chi connectivity index (χ1n) is 8.38. The average molecular weight is 301 g/mol. The summed E-state index contributed by atoms with van der Waals surface area (Å²) in [6.45, 7) is 1.62. The summed E-state index contributed by atoms with van der Waals surface area (Å²) in [5.41, 5.74) is 10.4. The second kappa shape index (κ2) is 6.69. The first-order valence-corrected chi connectivity index (χ1v) is 8.38. The number of aliphatic imine (C=N–C) groups is 1. The minimum Gasteiger partial charge on any atom is -0.385 e. The van der Waals surface area contributed by atoms with Gasteiger partial charge < -0.3 is 15.8 Å². The highest BCUT2D eigenvalue weighted by atomic mass is 16.5. The SMILES string of the molecule is COCCC1(CN=C(N)Nc2ccc3c(c2)CCC3)CCC1. The van der Waals surface area contributed by atoms with Crippen LogP contribution in [0.25, 0.3) is 0 Å². The maximum atomic E-state index is 6.07. The van der Waals surface area contributed by atoms with Crippen LogP contribution in [0.1, 0.15) is 43.2 Å². The molecule has 0 heterocycles. The molecule has 1 fully saturated rings. The summed E-state index contributed by atoms with van der Waals surface area (Å²) in [6.07, 6.45) is 8.53. The Bertz CT molecular complexity index is 549. The fraction of sp³-hybridized carbons (Fsp3) is 0.611. The molecule has 4 heteroatoms. The Morgan fingerprint density at radius 3 is 2.82 bits per heavy atom. The number of nitrogens with one attached hydrogen (secondary N) is 1. The number of hydrogen-bond donors (Lipinski definition) is 2. The van der Waals surface area contributed by atoms with Crippen molar-refractivity contribution in [2.45, 2.75) is 44.9 Å². The van der Waals surface area contributed by atoms with Crippen LogP contribution in [0.2, 0.25) is 0 Å². The van der Waals surface area contributed by atoms with Crippen LogP contribution in [0.4, 0.5) is 5.69 Å². The van der Waals surface area contributed by atoms with Gasteiger partial charge in [-0.05, 0) is 67.2 Å². The van der Waals surface area contributed by atoms with Gasteiger partial charge in [-0.3, -0.25) is 4.99 Å². The third-order valence-electron chi connectivity index (χ3n) is 5.21. The summed E-state index contributed by atoms with van der Waals surface area (Å²) in [4.78, 5) is 4.59. The number of fused-ring (bicyclic) bond motifs is 1. The standard InChI is InChI=1S/C18H27N3O/c1-22-11-10-18(8-3-9-18)13-20-17(19)21-16-7-6-14-4-2-5-15(14)12-16/h6-7,12H,2-5,8-11,13H2,1H3,(H3,19,20,21). The number of benzene rings is 1. The second-order valence-electron chi connectivity index (χ2n) is 6.76. The summed E-state index contributed by atoms with van der Waals surface area (Å²) in [5.74, 6) is 0.529. The first-order chi connectivity index (χ1) is 10.7. The zero-order valence-electron chi connectivity index (χ0n) is 13.5. The predicted octanol–water partition coefficient (Wildman–Crippen LogP) is 3.11. The van der Waals surface area contributed by atoms with Gasteiger partial charge in [0.05, 0.1) is 0 Å². The smallest absolute Gasteiger partial charge is 0.193 e. The molecule has 0 aromatic heterocycles. The highest BCUT2D eigenvalue weighted by molar-refractivity contribution is 5.92. The molecule has 0 unspecified atom stereocenters. The molecule has 1 saturated carbocycles. The van der Waals surface area contributed by atoms with Gasteiger partial charge in [-0.25, -0.2) is 0 Å². The van der Waals surface area contributed by atoms with Crippen LogP contribution in [0.5, 0.6) is 0 Å². The van der Waals surface area contributed by atoms with E-state index >= 15 is 0 Å². The van der Waals surface area contributed by atoms with Gasteiger partial charge in [0.1, 0.15) is 0 Å². The van der Waals surface area contributed by atoms with Crippen LogP contribution in [-0.4, -0.2) is 26.2 Å². The minimum atomic E-state index is 0.320. The van der Waals surface area contributed by atoms with Crippen molar-refractivity contribution in [3.63, 3.8) is 0 Å². The molecule has 0 amide bonds. The van der Waals surface area contributed by atoms with E-state index in [1.165, 1.54) is 49.7 Å². The van der Waals surface area contributed by atoms with E-state index in [-0.39, 0.29) is 0 Å². The summed E-state index contributed by atoms with van der Waals surface area (Å²) < 4.78 is 5.22. The van der Waals surface area contributed by atoms with Crippen molar-refractivity contribution in [2.24, 2.45) is 16.1 Å². The van der Waals surface area contributed by atoms with Gasteiger partial charge >= 0.3 is 0 Å². The molecule has 4 nitrogen and oxygen atoms in total. The number of guanidine groups is 1. The van der Waals surface area contributed by atoms with Gasteiger partial charge in [-0.2, -0.15) is 0 Å². The summed E-state index contributed by atoms with van der Waals surface area (Å²) in [7, 11) is 1.76. The lowest BCUT2D eigenvalue weighted by Gasteiger charge is -2.40. The van der Waals surface area contributed by atoms with Crippen LogP contribution in [0.3, 0.4) is 0 Å². The number of aryl methyl sites for hydroxylation is 2. The number of rotatable bonds is 6. The Labute approximate surface area is 133 Å². The van der Waals surface area contributed by atoms with Crippen molar-refractivity contribution in [1.29, 1.82) is 0 Å². The number of methoxy groups -OCH3 is 1. The predicted molar refractivity (Wildman–Crippen MR) is 91.4 cm³/mol. The molecule has 0 radical (unpaired) electrons. The molecule has 2 aliphatic rings. The van der Waals surface area contributed by atoms with Gasteiger partial charge in [0.15, 0.2) is 5.96 Å². The molecule has 22 heavy (non-hydrogen) atoms. The van der Waals surface area contributed by atoms with Crippen molar-refractivity contribution >= 4 is 11.6 Å². The van der Waals surface area contributed by atoms with E-state index in [0.29, 0.717) is 11.4 Å². The zero-order chi connectivity index (χ0) is 15.4. The highest BCUT2D eigenvalue weighted by Gasteiger charge is 2.36. The fourth-order valence-corrected chi connectivity index (χ4v) is 3.57. The number of hydrogen-bond acceptors (Lipinski definition) is 2. The van der Waals surface area contributed by atoms with E-state index in [0.717, 1.165) is 25.3 Å². The fourth-order valence-electron chi connectivity index (χ4n) is 3.57. The molecule has 1 aromatic rings. The van der Waals surface area contributed by atoms with Crippen LogP contribution in [0, 0.1) is 5.41 Å². The minimum absolute atomic E-state index is 0.320. The molecule has 0 atom stereocenters. The number of nitrogens with zero attached hydrogens (tertiary/aromatic N) is 1. The van der Waals surface area contributed by atoms with E-state index in [1.807, 2.05) is 0 Å². The van der Waals surface area contributed by atoms with Gasteiger partial charge in [0.2, 0.25) is 0 Å². The molecule has 0 bridgehead atoms. The van der Waals surface area contributed by atoms with Crippen molar-refractivity contribution in [3.05, 3.63) is 29.3 Å². The van der Waals surface area contributed by atoms with Crippen molar-refractivity contribution in [3.8, 4) is 0 Å². The largest absolute Gasteiger partial charge is 0.385 e. The summed E-state index contributed by atoms with van der Waals surface area (Å²) >= 11 is 0. The Kier molecular flexibility index (Phi) is 4.67. The highest BCUT2D eigenvalue weighted by Crippen LogP contribution is 2.44. The van der Waals surface area contributed by atoms with Crippen LogP contribution in [-0.2, 0) is 17.6 Å². The third kappa shape index (κ3) is 3.43. The molecule has 3 N–H and O–H groups in total. The van der Waals surface area contributed by atoms with E-state index < -0.39 is 0 Å². The van der Waals surface area contributed by atoms with Gasteiger partial charge in [-0.15, -0.1) is 0 Å². The molecule has 3 rings (SSSR count). The zero-order valence-corrected chi connectivity index (χ0v) is 13.5. The quantitative estimate of drug-likeness (QED) is 0.627.